The van der Waals surface area contributed by atoms with Gasteiger partial charge in [-0.05, 0) is 54.8 Å². The summed E-state index contributed by atoms with van der Waals surface area (Å²) in [6, 6.07) is 16.4. The summed E-state index contributed by atoms with van der Waals surface area (Å²) in [4.78, 5) is 15.3. The highest BCUT2D eigenvalue weighted by Gasteiger charge is 2.42. The average Bonchev–Trinajstić information content (AvgIpc) is 2.78. The van der Waals surface area contributed by atoms with Gasteiger partial charge in [-0.1, -0.05) is 30.3 Å². The van der Waals surface area contributed by atoms with Gasteiger partial charge in [-0.25, -0.2) is 13.2 Å². The summed E-state index contributed by atoms with van der Waals surface area (Å²) < 4.78 is 38.4. The number of nitrogens with zero attached hydrogens (tertiary/aromatic N) is 2. The maximum Gasteiger partial charge on any atom is 0.343 e. The van der Waals surface area contributed by atoms with Crippen LogP contribution in [0.5, 0.6) is 11.5 Å². The molecule has 166 valence electrons. The molecule has 0 spiro atoms. The van der Waals surface area contributed by atoms with E-state index in [1.54, 1.807) is 24.3 Å². The molecule has 0 bridgehead atoms. The van der Waals surface area contributed by atoms with Crippen LogP contribution in [0.2, 0.25) is 0 Å². The average molecular weight is 453 g/mol. The molecule has 8 heteroatoms. The van der Waals surface area contributed by atoms with Gasteiger partial charge in [0.25, 0.3) is 10.0 Å². The van der Waals surface area contributed by atoms with Crippen molar-refractivity contribution in [1.29, 1.82) is 0 Å². The molecule has 3 aromatic carbocycles. The lowest BCUT2D eigenvalue weighted by Gasteiger charge is -2.36. The number of ether oxygens (including phenoxy) is 2. The fourth-order valence-electron chi connectivity index (χ4n) is 3.92. The van der Waals surface area contributed by atoms with Crippen molar-refractivity contribution in [3.05, 3.63) is 77.4 Å². The van der Waals surface area contributed by atoms with Crippen LogP contribution in [0.1, 0.15) is 16.7 Å². The number of urea groups is 1. The number of carbonyl (C=O) groups excluding carboxylic acids is 1. The molecule has 0 aliphatic carbocycles. The first-order valence-corrected chi connectivity index (χ1v) is 11.5. The van der Waals surface area contributed by atoms with Gasteiger partial charge in [0, 0.05) is 6.07 Å². The van der Waals surface area contributed by atoms with E-state index >= 15 is 0 Å². The second kappa shape index (κ2) is 8.20. The van der Waals surface area contributed by atoms with Gasteiger partial charge in [0.1, 0.15) is 4.90 Å². The van der Waals surface area contributed by atoms with Crippen LogP contribution in [0.4, 0.5) is 16.2 Å². The van der Waals surface area contributed by atoms with Crippen LogP contribution >= 0.6 is 0 Å². The summed E-state index contributed by atoms with van der Waals surface area (Å²) in [5, 5.41) is 0. The van der Waals surface area contributed by atoms with Gasteiger partial charge in [0.15, 0.2) is 11.5 Å². The van der Waals surface area contributed by atoms with E-state index in [1.807, 2.05) is 32.0 Å². The Morgan fingerprint density at radius 3 is 2.16 bits per heavy atom. The van der Waals surface area contributed by atoms with Crippen molar-refractivity contribution in [3.63, 3.8) is 0 Å². The van der Waals surface area contributed by atoms with E-state index in [0.29, 0.717) is 17.2 Å². The van der Waals surface area contributed by atoms with Gasteiger partial charge in [0.05, 0.1) is 32.1 Å². The Bertz CT molecular complexity index is 1280. The molecular weight excluding hydrogens is 428 g/mol. The third-order valence-corrected chi connectivity index (χ3v) is 7.39. The number of hydrogen-bond acceptors (Lipinski definition) is 5. The topological polar surface area (TPSA) is 76.2 Å². The number of amides is 2. The zero-order chi connectivity index (χ0) is 23.0. The van der Waals surface area contributed by atoms with E-state index in [0.717, 1.165) is 21.0 Å². The number of hydrogen-bond donors (Lipinski definition) is 0. The number of para-hydroxylation sites is 1. The van der Waals surface area contributed by atoms with Crippen molar-refractivity contribution in [2.24, 2.45) is 0 Å². The molecule has 1 aliphatic heterocycles. The lowest BCUT2D eigenvalue weighted by molar-refractivity contribution is 0.253. The molecular formula is C24H24N2O5S. The van der Waals surface area contributed by atoms with Crippen molar-refractivity contribution < 1.29 is 22.7 Å². The first kappa shape index (κ1) is 21.7. The first-order chi connectivity index (χ1) is 15.3. The number of carbonyl (C=O) groups is 1. The number of aryl methyl sites for hydroxylation is 2. The highest BCUT2D eigenvalue weighted by molar-refractivity contribution is 7.94. The van der Waals surface area contributed by atoms with E-state index in [2.05, 4.69) is 0 Å². The Hall–Kier alpha value is -3.52. The number of sulfonamides is 1. The van der Waals surface area contributed by atoms with E-state index in [-0.39, 0.29) is 17.1 Å². The number of anilines is 2. The van der Waals surface area contributed by atoms with E-state index in [4.69, 9.17) is 9.47 Å². The Morgan fingerprint density at radius 1 is 0.844 bits per heavy atom. The van der Waals surface area contributed by atoms with Gasteiger partial charge in [-0.2, -0.15) is 4.31 Å². The van der Waals surface area contributed by atoms with Gasteiger partial charge >= 0.3 is 6.03 Å². The highest BCUT2D eigenvalue weighted by Crippen LogP contribution is 2.40. The van der Waals surface area contributed by atoms with Crippen LogP contribution in [-0.4, -0.2) is 28.7 Å². The maximum absolute atomic E-state index is 13.7. The Kier molecular flexibility index (Phi) is 5.56. The quantitative estimate of drug-likeness (QED) is 0.563. The van der Waals surface area contributed by atoms with Gasteiger partial charge in [0.2, 0.25) is 0 Å². The number of benzene rings is 3. The minimum Gasteiger partial charge on any atom is -0.493 e. The van der Waals surface area contributed by atoms with Crippen molar-refractivity contribution in [2.45, 2.75) is 25.3 Å². The van der Waals surface area contributed by atoms with E-state index < -0.39 is 16.1 Å². The van der Waals surface area contributed by atoms with Crippen molar-refractivity contribution in [1.82, 2.24) is 0 Å². The molecule has 4 rings (SSSR count). The van der Waals surface area contributed by atoms with Crippen LogP contribution in [0.25, 0.3) is 0 Å². The third-order valence-electron chi connectivity index (χ3n) is 5.64. The molecule has 3 aromatic rings. The molecule has 0 saturated heterocycles. The highest BCUT2D eigenvalue weighted by atomic mass is 32.2. The summed E-state index contributed by atoms with van der Waals surface area (Å²) >= 11 is 0. The molecule has 0 aromatic heterocycles. The minimum absolute atomic E-state index is 0.0700. The third kappa shape index (κ3) is 3.46. The lowest BCUT2D eigenvalue weighted by atomic mass is 10.0. The summed E-state index contributed by atoms with van der Waals surface area (Å²) in [7, 11) is -1.19. The summed E-state index contributed by atoms with van der Waals surface area (Å²) in [6.45, 7) is 4.20. The molecule has 32 heavy (non-hydrogen) atoms. The molecule has 7 nitrogen and oxygen atoms in total. The first-order valence-electron chi connectivity index (χ1n) is 10.0. The van der Waals surface area contributed by atoms with Crippen LogP contribution in [-0.2, 0) is 16.6 Å². The summed E-state index contributed by atoms with van der Waals surface area (Å²) in [5.41, 5.74) is 3.57. The Morgan fingerprint density at radius 2 is 1.50 bits per heavy atom. The smallest absolute Gasteiger partial charge is 0.343 e. The molecule has 0 radical (unpaired) electrons. The van der Waals surface area contributed by atoms with E-state index in [1.165, 1.54) is 37.3 Å². The zero-order valence-corrected chi connectivity index (χ0v) is 19.1. The molecule has 2 amide bonds. The van der Waals surface area contributed by atoms with Crippen molar-refractivity contribution >= 4 is 27.4 Å². The lowest BCUT2D eigenvalue weighted by Crippen LogP contribution is -2.50. The van der Waals surface area contributed by atoms with Crippen molar-refractivity contribution in [2.75, 3.05) is 23.4 Å². The van der Waals surface area contributed by atoms with Crippen LogP contribution in [0, 0.1) is 13.8 Å². The van der Waals surface area contributed by atoms with Crippen LogP contribution < -0.4 is 18.7 Å². The second-order valence-corrected chi connectivity index (χ2v) is 9.27. The SMILES string of the molecule is COc1ccc(N2C(=O)N(Cc3c(C)cccc3C)c3ccccc3S2(=O)=O)cc1OC. The molecule has 0 fully saturated rings. The molecule has 0 unspecified atom stereocenters. The Labute approximate surface area is 187 Å². The van der Waals surface area contributed by atoms with E-state index in [9.17, 15) is 13.2 Å². The second-order valence-electron chi connectivity index (χ2n) is 7.52. The molecule has 1 aliphatic rings. The molecule has 0 N–H and O–H groups in total. The van der Waals surface area contributed by atoms with Crippen LogP contribution in [0.3, 0.4) is 0 Å². The number of rotatable bonds is 5. The largest absolute Gasteiger partial charge is 0.493 e. The predicted octanol–water partition coefficient (Wildman–Crippen LogP) is 4.66. The van der Waals surface area contributed by atoms with Gasteiger partial charge in [-0.3, -0.25) is 4.90 Å². The maximum atomic E-state index is 13.7. The molecule has 0 atom stereocenters. The number of fused-ring (bicyclic) bond motifs is 1. The monoisotopic (exact) mass is 452 g/mol. The number of methoxy groups -OCH3 is 2. The summed E-state index contributed by atoms with van der Waals surface area (Å²) in [5.74, 6) is 0.763. The van der Waals surface area contributed by atoms with Crippen molar-refractivity contribution in [3.8, 4) is 11.5 Å². The fourth-order valence-corrected chi connectivity index (χ4v) is 5.51. The van der Waals surface area contributed by atoms with Crippen LogP contribution in [0.15, 0.2) is 65.6 Å². The standard InChI is InChI=1S/C24H24N2O5S/c1-16-8-7-9-17(2)19(16)15-25-20-10-5-6-11-23(20)32(28,29)26(24(25)27)18-12-13-21(30-3)22(14-18)31-4/h5-14H,15H2,1-4H3. The van der Waals surface area contributed by atoms with Gasteiger partial charge < -0.3 is 9.47 Å². The summed E-state index contributed by atoms with van der Waals surface area (Å²) in [6.07, 6.45) is 0. The normalized spacial score (nSPS) is 14.8. The minimum atomic E-state index is -4.13. The predicted molar refractivity (Wildman–Crippen MR) is 123 cm³/mol. The molecule has 0 saturated carbocycles. The molecule has 1 heterocycles. The zero-order valence-electron chi connectivity index (χ0n) is 18.3. The fraction of sp³-hybridized carbons (Fsp3) is 0.208. The van der Waals surface area contributed by atoms with Gasteiger partial charge in [-0.15, -0.1) is 0 Å². The Balaban J connectivity index is 1.89.